The van der Waals surface area contributed by atoms with Crippen LogP contribution in [0.3, 0.4) is 0 Å². The summed E-state index contributed by atoms with van der Waals surface area (Å²) in [6.07, 6.45) is 5.35. The fourth-order valence-electron chi connectivity index (χ4n) is 3.54. The number of aryl methyl sites for hydroxylation is 2. The molecule has 3 rings (SSSR count). The number of pyridine rings is 1. The number of nitrogens with one attached hydrogen (secondary N) is 1. The van der Waals surface area contributed by atoms with Gasteiger partial charge in [-0.25, -0.2) is 18.1 Å². The molecule has 1 N–H and O–H groups in total. The summed E-state index contributed by atoms with van der Waals surface area (Å²) in [6, 6.07) is 4.12. The molecule has 27 heavy (non-hydrogen) atoms. The van der Waals surface area contributed by atoms with E-state index in [0.29, 0.717) is 12.5 Å². The Bertz CT molecular complexity index is 883. The van der Waals surface area contributed by atoms with E-state index >= 15 is 0 Å². The minimum atomic E-state index is -3.57. The highest BCUT2D eigenvalue weighted by molar-refractivity contribution is 7.89. The summed E-state index contributed by atoms with van der Waals surface area (Å²) in [5, 5.41) is 0.110. The Morgan fingerprint density at radius 2 is 2.00 bits per heavy atom. The van der Waals surface area contributed by atoms with Crippen LogP contribution in [0, 0.1) is 12.8 Å². The Labute approximate surface area is 161 Å². The number of rotatable bonds is 6. The normalized spacial score (nSPS) is 16.3. The Kier molecular flexibility index (Phi) is 5.86. The van der Waals surface area contributed by atoms with E-state index in [2.05, 4.69) is 25.7 Å². The van der Waals surface area contributed by atoms with Crippen LogP contribution in [0.15, 0.2) is 29.6 Å². The van der Waals surface area contributed by atoms with E-state index in [1.807, 2.05) is 40.1 Å². The molecule has 0 aromatic carbocycles. The quantitative estimate of drug-likeness (QED) is 0.818. The maximum Gasteiger partial charge on any atom is 0.259 e. The standard InChI is InChI=1S/C19H29N5O2S/c1-14(2)19-22-18(13-23(19)4)27(25,26)21-12-16-6-9-24(10-7-16)17-5-8-20-15(3)11-17/h5,8,11,13-14,16,21H,6-7,9-10,12H2,1-4H3. The first kappa shape index (κ1) is 19.8. The molecule has 3 heterocycles. The number of aromatic nitrogens is 3. The zero-order valence-electron chi connectivity index (χ0n) is 16.5. The minimum Gasteiger partial charge on any atom is -0.371 e. The van der Waals surface area contributed by atoms with E-state index in [-0.39, 0.29) is 10.9 Å². The van der Waals surface area contributed by atoms with Gasteiger partial charge in [0.05, 0.1) is 0 Å². The van der Waals surface area contributed by atoms with Crippen molar-refractivity contribution < 1.29 is 8.42 Å². The lowest BCUT2D eigenvalue weighted by atomic mass is 9.97. The Hall–Kier alpha value is -1.93. The van der Waals surface area contributed by atoms with Gasteiger partial charge < -0.3 is 9.47 Å². The highest BCUT2D eigenvalue weighted by Crippen LogP contribution is 2.23. The second kappa shape index (κ2) is 7.98. The molecule has 8 heteroatoms. The zero-order chi connectivity index (χ0) is 19.6. The number of anilines is 1. The molecule has 0 saturated carbocycles. The Morgan fingerprint density at radius 3 is 2.59 bits per heavy atom. The van der Waals surface area contributed by atoms with Gasteiger partial charge >= 0.3 is 0 Å². The lowest BCUT2D eigenvalue weighted by molar-refractivity contribution is 0.401. The molecule has 0 radical (unpaired) electrons. The first-order valence-corrected chi connectivity index (χ1v) is 10.9. The SMILES string of the molecule is Cc1cc(N2CCC(CNS(=O)(=O)c3cn(C)c(C(C)C)n3)CC2)ccn1. The van der Waals surface area contributed by atoms with Gasteiger partial charge in [-0.3, -0.25) is 4.98 Å². The molecule has 0 unspecified atom stereocenters. The van der Waals surface area contributed by atoms with Crippen molar-refractivity contribution in [1.29, 1.82) is 0 Å². The van der Waals surface area contributed by atoms with Crippen LogP contribution in [0.4, 0.5) is 5.69 Å². The van der Waals surface area contributed by atoms with Gasteiger partial charge in [0.25, 0.3) is 10.0 Å². The van der Waals surface area contributed by atoms with E-state index in [0.717, 1.165) is 37.4 Å². The predicted octanol–water partition coefficient (Wildman–Crippen LogP) is 2.44. The van der Waals surface area contributed by atoms with Crippen LogP contribution in [0.5, 0.6) is 0 Å². The van der Waals surface area contributed by atoms with Gasteiger partial charge in [-0.05, 0) is 37.8 Å². The third kappa shape index (κ3) is 4.68. The van der Waals surface area contributed by atoms with Gasteiger partial charge in [0.2, 0.25) is 0 Å². The number of hydrogen-bond acceptors (Lipinski definition) is 5. The van der Waals surface area contributed by atoms with Gasteiger partial charge in [-0.1, -0.05) is 13.8 Å². The number of sulfonamides is 1. The molecule has 1 aliphatic rings. The lowest BCUT2D eigenvalue weighted by Crippen LogP contribution is -2.38. The number of imidazole rings is 1. The van der Waals surface area contributed by atoms with E-state index in [1.54, 1.807) is 10.8 Å². The molecule has 1 aliphatic heterocycles. The van der Waals surface area contributed by atoms with Crippen LogP contribution in [-0.4, -0.2) is 42.6 Å². The average Bonchev–Trinajstić information content (AvgIpc) is 3.03. The number of nitrogens with zero attached hydrogens (tertiary/aromatic N) is 4. The van der Waals surface area contributed by atoms with E-state index in [1.165, 1.54) is 5.69 Å². The van der Waals surface area contributed by atoms with Crippen molar-refractivity contribution in [3.63, 3.8) is 0 Å². The molecule has 2 aromatic rings. The monoisotopic (exact) mass is 391 g/mol. The van der Waals surface area contributed by atoms with Crippen molar-refractivity contribution in [1.82, 2.24) is 19.3 Å². The summed E-state index contributed by atoms with van der Waals surface area (Å²) >= 11 is 0. The van der Waals surface area contributed by atoms with Crippen LogP contribution in [-0.2, 0) is 17.1 Å². The largest absolute Gasteiger partial charge is 0.371 e. The molecular formula is C19H29N5O2S. The molecule has 0 amide bonds. The molecule has 0 aliphatic carbocycles. The van der Waals surface area contributed by atoms with E-state index < -0.39 is 10.0 Å². The maximum atomic E-state index is 12.6. The van der Waals surface area contributed by atoms with Gasteiger partial charge in [0, 0.05) is 56.4 Å². The molecule has 0 atom stereocenters. The topological polar surface area (TPSA) is 80.1 Å². The summed E-state index contributed by atoms with van der Waals surface area (Å²) in [5.74, 6) is 1.30. The van der Waals surface area contributed by atoms with Crippen molar-refractivity contribution in [3.05, 3.63) is 36.0 Å². The van der Waals surface area contributed by atoms with Crippen molar-refractivity contribution in [2.45, 2.75) is 44.6 Å². The summed E-state index contributed by atoms with van der Waals surface area (Å²) in [4.78, 5) is 10.9. The average molecular weight is 392 g/mol. The van der Waals surface area contributed by atoms with Crippen LogP contribution >= 0.6 is 0 Å². The molecule has 0 spiro atoms. The molecule has 2 aromatic heterocycles. The third-order valence-corrected chi connectivity index (χ3v) is 6.40. The van der Waals surface area contributed by atoms with E-state index in [9.17, 15) is 8.42 Å². The molecule has 0 bridgehead atoms. The van der Waals surface area contributed by atoms with Crippen molar-refractivity contribution >= 4 is 15.7 Å². The van der Waals surface area contributed by atoms with Crippen molar-refractivity contribution in [2.24, 2.45) is 13.0 Å². The van der Waals surface area contributed by atoms with E-state index in [4.69, 9.17) is 0 Å². The number of piperidine rings is 1. The van der Waals surface area contributed by atoms with Gasteiger partial charge in [0.15, 0.2) is 5.03 Å². The fraction of sp³-hybridized carbons (Fsp3) is 0.579. The van der Waals surface area contributed by atoms with Gasteiger partial charge in [-0.15, -0.1) is 0 Å². The van der Waals surface area contributed by atoms with Crippen LogP contribution in [0.1, 0.15) is 44.1 Å². The summed E-state index contributed by atoms with van der Waals surface area (Å²) in [5.41, 5.74) is 2.20. The summed E-state index contributed by atoms with van der Waals surface area (Å²) in [7, 11) is -1.74. The molecule has 7 nitrogen and oxygen atoms in total. The van der Waals surface area contributed by atoms with Crippen molar-refractivity contribution in [3.8, 4) is 0 Å². The Morgan fingerprint density at radius 1 is 1.30 bits per heavy atom. The Balaban J connectivity index is 1.56. The highest BCUT2D eigenvalue weighted by Gasteiger charge is 2.24. The zero-order valence-corrected chi connectivity index (χ0v) is 17.3. The summed E-state index contributed by atoms with van der Waals surface area (Å²) in [6.45, 7) is 8.31. The lowest BCUT2D eigenvalue weighted by Gasteiger charge is -2.33. The van der Waals surface area contributed by atoms with Gasteiger partial charge in [0.1, 0.15) is 5.82 Å². The third-order valence-electron chi connectivity index (χ3n) is 5.10. The molecular weight excluding hydrogens is 362 g/mol. The first-order chi connectivity index (χ1) is 12.8. The predicted molar refractivity (Wildman–Crippen MR) is 106 cm³/mol. The second-order valence-electron chi connectivity index (χ2n) is 7.64. The highest BCUT2D eigenvalue weighted by atomic mass is 32.2. The first-order valence-electron chi connectivity index (χ1n) is 9.47. The van der Waals surface area contributed by atoms with Crippen molar-refractivity contribution in [2.75, 3.05) is 24.5 Å². The molecule has 148 valence electrons. The smallest absolute Gasteiger partial charge is 0.259 e. The second-order valence-corrected chi connectivity index (χ2v) is 9.35. The number of hydrogen-bond donors (Lipinski definition) is 1. The van der Waals surface area contributed by atoms with Crippen LogP contribution in [0.25, 0.3) is 0 Å². The summed E-state index contributed by atoms with van der Waals surface area (Å²) < 4.78 is 29.7. The maximum absolute atomic E-state index is 12.6. The van der Waals surface area contributed by atoms with Crippen LogP contribution in [0.2, 0.25) is 0 Å². The van der Waals surface area contributed by atoms with Crippen LogP contribution < -0.4 is 9.62 Å². The fourth-order valence-corrected chi connectivity index (χ4v) is 4.66. The van der Waals surface area contributed by atoms with Gasteiger partial charge in [-0.2, -0.15) is 0 Å². The molecule has 1 fully saturated rings. The minimum absolute atomic E-state index is 0.110. The molecule has 1 saturated heterocycles.